The van der Waals surface area contributed by atoms with E-state index in [0.29, 0.717) is 5.39 Å². The SMILES string of the molecule is Fc1c(F)n(F)c2ccc3ccccc3c12. The fourth-order valence-corrected chi connectivity index (χ4v) is 1.95. The maximum atomic E-state index is 13.5. The Bertz CT molecular complexity index is 700. The van der Waals surface area contributed by atoms with Crippen LogP contribution in [-0.2, 0) is 0 Å². The Kier molecular flexibility index (Phi) is 1.74. The summed E-state index contributed by atoms with van der Waals surface area (Å²) in [7, 11) is 0. The van der Waals surface area contributed by atoms with Crippen LogP contribution in [0.15, 0.2) is 36.4 Å². The number of aromatic nitrogens is 1. The number of hydrogen-bond donors (Lipinski definition) is 0. The lowest BCUT2D eigenvalue weighted by Gasteiger charge is -1.98. The van der Waals surface area contributed by atoms with Crippen LogP contribution < -0.4 is 0 Å². The van der Waals surface area contributed by atoms with E-state index in [1.54, 1.807) is 30.3 Å². The molecule has 3 aromatic rings. The molecule has 0 N–H and O–H groups in total. The molecule has 1 heterocycles. The molecule has 2 aromatic carbocycles. The van der Waals surface area contributed by atoms with E-state index in [9.17, 15) is 13.3 Å². The van der Waals surface area contributed by atoms with Crippen LogP contribution in [0.4, 0.5) is 13.3 Å². The summed E-state index contributed by atoms with van der Waals surface area (Å²) in [5.41, 5.74) is -0.0892. The molecule has 0 atom stereocenters. The van der Waals surface area contributed by atoms with Gasteiger partial charge in [0.05, 0.1) is 5.52 Å². The van der Waals surface area contributed by atoms with Gasteiger partial charge in [-0.25, -0.2) is 4.39 Å². The molecule has 16 heavy (non-hydrogen) atoms. The summed E-state index contributed by atoms with van der Waals surface area (Å²) in [4.78, 5) is -0.267. The fraction of sp³-hybridized carbons (Fsp3) is 0. The summed E-state index contributed by atoms with van der Waals surface area (Å²) < 4.78 is 39.8. The number of rotatable bonds is 0. The van der Waals surface area contributed by atoms with Crippen LogP contribution in [-0.4, -0.2) is 4.79 Å². The number of benzene rings is 2. The third-order valence-corrected chi connectivity index (χ3v) is 2.69. The summed E-state index contributed by atoms with van der Waals surface area (Å²) in [6, 6.07) is 9.89. The van der Waals surface area contributed by atoms with Gasteiger partial charge in [-0.15, -0.1) is 4.79 Å². The van der Waals surface area contributed by atoms with E-state index in [-0.39, 0.29) is 15.7 Å². The smallest absolute Gasteiger partial charge is 0.201 e. The Labute approximate surface area is 88.6 Å². The van der Waals surface area contributed by atoms with Crippen molar-refractivity contribution in [2.45, 2.75) is 0 Å². The van der Waals surface area contributed by atoms with E-state index in [4.69, 9.17) is 0 Å². The predicted octanol–water partition coefficient (Wildman–Crippen LogP) is 3.81. The van der Waals surface area contributed by atoms with E-state index in [2.05, 4.69) is 0 Å². The van der Waals surface area contributed by atoms with Crippen molar-refractivity contribution in [3.05, 3.63) is 48.2 Å². The summed E-state index contributed by atoms with van der Waals surface area (Å²) in [5, 5.41) is 1.24. The highest BCUT2D eigenvalue weighted by molar-refractivity contribution is 6.06. The Morgan fingerprint density at radius 2 is 1.69 bits per heavy atom. The van der Waals surface area contributed by atoms with Gasteiger partial charge in [-0.3, -0.25) is 0 Å². The standard InChI is InChI=1S/C12H6F3N/c13-11-10-8-4-2-1-3-7(8)5-6-9(10)16(15)12(11)14/h1-6H. The summed E-state index contributed by atoms with van der Waals surface area (Å²) in [5.74, 6) is -2.62. The van der Waals surface area contributed by atoms with Crippen molar-refractivity contribution < 1.29 is 13.3 Å². The van der Waals surface area contributed by atoms with Gasteiger partial charge in [0.2, 0.25) is 0 Å². The first-order valence-electron chi connectivity index (χ1n) is 4.73. The van der Waals surface area contributed by atoms with E-state index in [1.165, 1.54) is 6.07 Å². The van der Waals surface area contributed by atoms with Crippen LogP contribution in [0.5, 0.6) is 0 Å². The Hall–Kier alpha value is -1.97. The van der Waals surface area contributed by atoms with Crippen LogP contribution in [0, 0.1) is 11.8 Å². The third kappa shape index (κ3) is 1.01. The van der Waals surface area contributed by atoms with Gasteiger partial charge in [0.15, 0.2) is 5.82 Å². The maximum absolute atomic E-state index is 13.5. The number of hydrogen-bond acceptors (Lipinski definition) is 0. The van der Waals surface area contributed by atoms with Crippen molar-refractivity contribution in [2.75, 3.05) is 0 Å². The highest BCUT2D eigenvalue weighted by atomic mass is 19.2. The molecule has 1 nitrogen and oxygen atoms in total. The first-order chi connectivity index (χ1) is 7.70. The number of halogens is 3. The molecule has 0 saturated carbocycles. The second-order valence-corrected chi connectivity index (χ2v) is 3.57. The van der Waals surface area contributed by atoms with Gasteiger partial charge in [-0.1, -0.05) is 34.8 Å². The normalized spacial score (nSPS) is 11.4. The zero-order valence-corrected chi connectivity index (χ0v) is 8.05. The number of fused-ring (bicyclic) bond motifs is 3. The van der Waals surface area contributed by atoms with Gasteiger partial charge in [-0.05, 0) is 16.8 Å². The second-order valence-electron chi connectivity index (χ2n) is 3.57. The van der Waals surface area contributed by atoms with Crippen molar-refractivity contribution in [3.8, 4) is 0 Å². The molecule has 0 amide bonds. The van der Waals surface area contributed by atoms with Crippen LogP contribution in [0.2, 0.25) is 0 Å². The van der Waals surface area contributed by atoms with Crippen molar-refractivity contribution in [3.63, 3.8) is 0 Å². The minimum Gasteiger partial charge on any atom is -0.201 e. The molecule has 0 fully saturated rings. The van der Waals surface area contributed by atoms with Gasteiger partial charge < -0.3 is 0 Å². The Morgan fingerprint density at radius 1 is 0.938 bits per heavy atom. The molecule has 0 aliphatic carbocycles. The number of nitrogens with zero attached hydrogens (tertiary/aromatic N) is 1. The summed E-state index contributed by atoms with van der Waals surface area (Å²) in [6.07, 6.45) is 0. The average molecular weight is 221 g/mol. The summed E-state index contributed by atoms with van der Waals surface area (Å²) in [6.45, 7) is 0. The topological polar surface area (TPSA) is 4.93 Å². The van der Waals surface area contributed by atoms with Crippen LogP contribution in [0.25, 0.3) is 21.7 Å². The summed E-state index contributed by atoms with van der Waals surface area (Å²) >= 11 is 0. The van der Waals surface area contributed by atoms with E-state index in [1.807, 2.05) is 0 Å². The highest BCUT2D eigenvalue weighted by Crippen LogP contribution is 2.30. The fourth-order valence-electron chi connectivity index (χ4n) is 1.95. The minimum atomic E-state index is -1.48. The highest BCUT2D eigenvalue weighted by Gasteiger charge is 2.19. The predicted molar refractivity (Wildman–Crippen MR) is 55.9 cm³/mol. The zero-order chi connectivity index (χ0) is 11.3. The average Bonchev–Trinajstić information content (AvgIpc) is 2.55. The molecule has 80 valence electrons. The lowest BCUT2D eigenvalue weighted by molar-refractivity contribution is 0.297. The molecule has 0 saturated heterocycles. The maximum Gasteiger partial charge on any atom is 0.259 e. The molecule has 3 rings (SSSR count). The molecule has 0 radical (unpaired) electrons. The van der Waals surface area contributed by atoms with Gasteiger partial charge in [0.1, 0.15) is 0 Å². The van der Waals surface area contributed by atoms with Gasteiger partial charge in [0.25, 0.3) is 5.95 Å². The quantitative estimate of drug-likeness (QED) is 0.544. The molecule has 1 aromatic heterocycles. The van der Waals surface area contributed by atoms with Crippen LogP contribution in [0.3, 0.4) is 0 Å². The van der Waals surface area contributed by atoms with Crippen molar-refractivity contribution in [2.24, 2.45) is 0 Å². The third-order valence-electron chi connectivity index (χ3n) is 2.69. The molecule has 0 aliphatic rings. The zero-order valence-electron chi connectivity index (χ0n) is 8.05. The molecule has 0 spiro atoms. The first kappa shape index (κ1) is 9.27. The first-order valence-corrected chi connectivity index (χ1v) is 4.73. The Balaban J connectivity index is 2.65. The molecule has 0 aliphatic heterocycles. The van der Waals surface area contributed by atoms with Gasteiger partial charge in [-0.2, -0.15) is 4.39 Å². The second kappa shape index (κ2) is 3.01. The van der Waals surface area contributed by atoms with E-state index < -0.39 is 11.8 Å². The van der Waals surface area contributed by atoms with Crippen LogP contribution >= 0.6 is 0 Å². The lowest BCUT2D eigenvalue weighted by atomic mass is 10.1. The molecule has 0 bridgehead atoms. The molecular weight excluding hydrogens is 215 g/mol. The largest absolute Gasteiger partial charge is 0.259 e. The monoisotopic (exact) mass is 221 g/mol. The van der Waals surface area contributed by atoms with Crippen molar-refractivity contribution >= 4 is 21.7 Å². The van der Waals surface area contributed by atoms with Gasteiger partial charge >= 0.3 is 0 Å². The Morgan fingerprint density at radius 3 is 2.50 bits per heavy atom. The van der Waals surface area contributed by atoms with Crippen molar-refractivity contribution in [1.29, 1.82) is 0 Å². The van der Waals surface area contributed by atoms with Gasteiger partial charge in [0, 0.05) is 5.39 Å². The van der Waals surface area contributed by atoms with Crippen molar-refractivity contribution in [1.82, 2.24) is 4.79 Å². The minimum absolute atomic E-state index is 0.0156. The molecule has 4 heteroatoms. The molecule has 0 unspecified atom stereocenters. The lowest BCUT2D eigenvalue weighted by Crippen LogP contribution is -1.85. The molecular formula is C12H6F3N. The van der Waals surface area contributed by atoms with E-state index in [0.717, 1.165) is 5.39 Å². The van der Waals surface area contributed by atoms with Crippen LogP contribution in [0.1, 0.15) is 0 Å². The van der Waals surface area contributed by atoms with E-state index >= 15 is 0 Å².